The Morgan fingerprint density at radius 3 is 2.39 bits per heavy atom. The maximum absolute atomic E-state index is 13.7. The lowest BCUT2D eigenvalue weighted by molar-refractivity contribution is -0.0712. The van der Waals surface area contributed by atoms with E-state index in [0.29, 0.717) is 6.42 Å². The summed E-state index contributed by atoms with van der Waals surface area (Å²) in [4.78, 5) is 12.5. The number of rotatable bonds is 2. The van der Waals surface area contributed by atoms with Gasteiger partial charge in [-0.25, -0.2) is 4.39 Å². The fraction of sp³-hybridized carbons (Fsp3) is 0.533. The van der Waals surface area contributed by atoms with Gasteiger partial charge in [0.05, 0.1) is 22.7 Å². The van der Waals surface area contributed by atoms with Gasteiger partial charge in [-0.15, -0.1) is 0 Å². The minimum atomic E-state index is -0.553. The summed E-state index contributed by atoms with van der Waals surface area (Å²) in [5, 5.41) is 0. The standard InChI is InChI=1S/C15H19FO2/c1-14(2)9-11(15(3,4)18-14)13(17)10-7-5-6-8-12(10)16/h5-8,11H,9H2,1-4H3. The average molecular weight is 250 g/mol. The first kappa shape index (κ1) is 13.2. The first-order valence-corrected chi connectivity index (χ1v) is 6.22. The Bertz CT molecular complexity index is 477. The maximum Gasteiger partial charge on any atom is 0.171 e. The molecule has 0 amide bonds. The number of halogens is 1. The number of ether oxygens (including phenoxy) is 1. The average Bonchev–Trinajstić information content (AvgIpc) is 2.46. The molecule has 1 aliphatic heterocycles. The molecule has 2 nitrogen and oxygen atoms in total. The molecule has 2 rings (SSSR count). The van der Waals surface area contributed by atoms with E-state index in [4.69, 9.17) is 4.74 Å². The van der Waals surface area contributed by atoms with E-state index in [2.05, 4.69) is 0 Å². The number of hydrogen-bond donors (Lipinski definition) is 0. The van der Waals surface area contributed by atoms with Crippen LogP contribution >= 0.6 is 0 Å². The van der Waals surface area contributed by atoms with Crippen LogP contribution < -0.4 is 0 Å². The van der Waals surface area contributed by atoms with Crippen LogP contribution in [0.4, 0.5) is 4.39 Å². The molecule has 1 unspecified atom stereocenters. The number of benzene rings is 1. The molecule has 18 heavy (non-hydrogen) atoms. The first-order chi connectivity index (χ1) is 8.23. The molecule has 1 heterocycles. The molecule has 0 aromatic heterocycles. The highest BCUT2D eigenvalue weighted by atomic mass is 19.1. The van der Waals surface area contributed by atoms with Gasteiger partial charge in [-0.3, -0.25) is 4.79 Å². The van der Waals surface area contributed by atoms with E-state index >= 15 is 0 Å². The van der Waals surface area contributed by atoms with Crippen molar-refractivity contribution in [3.8, 4) is 0 Å². The van der Waals surface area contributed by atoms with Crippen LogP contribution in [0.15, 0.2) is 24.3 Å². The van der Waals surface area contributed by atoms with Crippen LogP contribution in [0.3, 0.4) is 0 Å². The van der Waals surface area contributed by atoms with E-state index < -0.39 is 11.4 Å². The number of carbonyl (C=O) groups excluding carboxylic acids is 1. The second-order valence-corrected chi connectivity index (χ2v) is 6.07. The molecule has 3 heteroatoms. The lowest BCUT2D eigenvalue weighted by atomic mass is 9.81. The Hall–Kier alpha value is -1.22. The van der Waals surface area contributed by atoms with Crippen molar-refractivity contribution >= 4 is 5.78 Å². The first-order valence-electron chi connectivity index (χ1n) is 6.22. The molecule has 1 atom stereocenters. The topological polar surface area (TPSA) is 26.3 Å². The minimum absolute atomic E-state index is 0.163. The molecule has 1 saturated heterocycles. The third kappa shape index (κ3) is 2.32. The fourth-order valence-electron chi connectivity index (χ4n) is 2.82. The molecule has 1 aromatic carbocycles. The highest BCUT2D eigenvalue weighted by molar-refractivity contribution is 5.99. The van der Waals surface area contributed by atoms with Crippen LogP contribution in [0.1, 0.15) is 44.5 Å². The summed E-state index contributed by atoms with van der Waals surface area (Å²) in [5.74, 6) is -0.920. The Morgan fingerprint density at radius 1 is 1.28 bits per heavy atom. The van der Waals surface area contributed by atoms with E-state index in [9.17, 15) is 9.18 Å². The van der Waals surface area contributed by atoms with E-state index in [1.165, 1.54) is 6.07 Å². The molecule has 0 bridgehead atoms. The quantitative estimate of drug-likeness (QED) is 0.750. The summed E-state index contributed by atoms with van der Waals surface area (Å²) in [5.41, 5.74) is -0.727. The summed E-state index contributed by atoms with van der Waals surface area (Å²) in [6.45, 7) is 7.71. The normalized spacial score (nSPS) is 25.1. The molecular formula is C15H19FO2. The second-order valence-electron chi connectivity index (χ2n) is 6.07. The van der Waals surface area contributed by atoms with Crippen molar-refractivity contribution in [3.63, 3.8) is 0 Å². The predicted molar refractivity (Wildman–Crippen MR) is 68.1 cm³/mol. The van der Waals surface area contributed by atoms with Crippen LogP contribution in [0.25, 0.3) is 0 Å². The highest BCUT2D eigenvalue weighted by Gasteiger charge is 2.49. The molecule has 98 valence electrons. The van der Waals surface area contributed by atoms with Crippen molar-refractivity contribution in [1.29, 1.82) is 0 Å². The van der Waals surface area contributed by atoms with Gasteiger partial charge in [-0.05, 0) is 46.2 Å². The van der Waals surface area contributed by atoms with Crippen LogP contribution in [0.5, 0.6) is 0 Å². The lowest BCUT2D eigenvalue weighted by Crippen LogP contribution is -2.34. The van der Waals surface area contributed by atoms with E-state index in [1.807, 2.05) is 27.7 Å². The van der Waals surface area contributed by atoms with Crippen LogP contribution in [0, 0.1) is 11.7 Å². The van der Waals surface area contributed by atoms with Gasteiger partial charge in [0.15, 0.2) is 5.78 Å². The maximum atomic E-state index is 13.7. The molecule has 0 radical (unpaired) electrons. The highest BCUT2D eigenvalue weighted by Crippen LogP contribution is 2.43. The van der Waals surface area contributed by atoms with Crippen molar-refractivity contribution < 1.29 is 13.9 Å². The molecule has 0 saturated carbocycles. The van der Waals surface area contributed by atoms with Crippen molar-refractivity contribution in [2.75, 3.05) is 0 Å². The van der Waals surface area contributed by atoms with Gasteiger partial charge in [-0.1, -0.05) is 12.1 Å². The molecule has 0 aliphatic carbocycles. The second kappa shape index (κ2) is 4.16. The number of carbonyl (C=O) groups is 1. The van der Waals surface area contributed by atoms with E-state index in [0.717, 1.165) is 0 Å². The van der Waals surface area contributed by atoms with Gasteiger partial charge in [-0.2, -0.15) is 0 Å². The third-order valence-corrected chi connectivity index (χ3v) is 3.53. The summed E-state index contributed by atoms with van der Waals surface area (Å²) in [7, 11) is 0. The third-order valence-electron chi connectivity index (χ3n) is 3.53. The predicted octanol–water partition coefficient (Wildman–Crippen LogP) is 3.60. The van der Waals surface area contributed by atoms with Gasteiger partial charge in [0.1, 0.15) is 5.82 Å². The Labute approximate surface area is 107 Å². The van der Waals surface area contributed by atoms with E-state index in [1.54, 1.807) is 18.2 Å². The minimum Gasteiger partial charge on any atom is -0.369 e. The number of hydrogen-bond acceptors (Lipinski definition) is 2. The Morgan fingerprint density at radius 2 is 1.89 bits per heavy atom. The summed E-state index contributed by atoms with van der Waals surface area (Å²) >= 11 is 0. The van der Waals surface area contributed by atoms with Gasteiger partial charge in [0.25, 0.3) is 0 Å². The van der Waals surface area contributed by atoms with Gasteiger partial charge < -0.3 is 4.74 Å². The Kier molecular flexibility index (Phi) is 3.06. The van der Waals surface area contributed by atoms with Gasteiger partial charge >= 0.3 is 0 Å². The summed E-state index contributed by atoms with van der Waals surface area (Å²) in [6.07, 6.45) is 0.618. The SMILES string of the molecule is CC1(C)CC(C(=O)c2ccccc2F)C(C)(C)O1. The summed E-state index contributed by atoms with van der Waals surface area (Å²) < 4.78 is 19.6. The van der Waals surface area contributed by atoms with Crippen molar-refractivity contribution in [1.82, 2.24) is 0 Å². The molecule has 1 aliphatic rings. The van der Waals surface area contributed by atoms with Crippen LogP contribution in [-0.4, -0.2) is 17.0 Å². The van der Waals surface area contributed by atoms with Crippen molar-refractivity contribution in [2.24, 2.45) is 5.92 Å². The Balaban J connectivity index is 2.33. The molecule has 1 fully saturated rings. The van der Waals surface area contributed by atoms with E-state index in [-0.39, 0.29) is 22.9 Å². The van der Waals surface area contributed by atoms with Gasteiger partial charge in [0.2, 0.25) is 0 Å². The molecule has 1 aromatic rings. The van der Waals surface area contributed by atoms with Crippen molar-refractivity contribution in [2.45, 2.75) is 45.3 Å². The number of ketones is 1. The summed E-state index contributed by atoms with van der Waals surface area (Å²) in [6, 6.07) is 6.14. The lowest BCUT2D eigenvalue weighted by Gasteiger charge is -2.26. The monoisotopic (exact) mass is 250 g/mol. The number of Topliss-reactive ketones (excluding diaryl/α,β-unsaturated/α-hetero) is 1. The smallest absolute Gasteiger partial charge is 0.171 e. The molecule has 0 N–H and O–H groups in total. The fourth-order valence-corrected chi connectivity index (χ4v) is 2.82. The van der Waals surface area contributed by atoms with Crippen LogP contribution in [0.2, 0.25) is 0 Å². The zero-order chi connectivity index (χ0) is 13.6. The van der Waals surface area contributed by atoms with Gasteiger partial charge in [0, 0.05) is 0 Å². The zero-order valence-corrected chi connectivity index (χ0v) is 11.3. The molecule has 0 spiro atoms. The van der Waals surface area contributed by atoms with Crippen molar-refractivity contribution in [3.05, 3.63) is 35.6 Å². The van der Waals surface area contributed by atoms with Crippen LogP contribution in [-0.2, 0) is 4.74 Å². The largest absolute Gasteiger partial charge is 0.369 e. The molecular weight excluding hydrogens is 231 g/mol. The zero-order valence-electron chi connectivity index (χ0n) is 11.3.